The lowest BCUT2D eigenvalue weighted by molar-refractivity contribution is 0.172. The zero-order valence-corrected chi connectivity index (χ0v) is 12.7. The molecule has 0 unspecified atom stereocenters. The van der Waals surface area contributed by atoms with Crippen LogP contribution in [0.25, 0.3) is 0 Å². The Hall–Kier alpha value is -0.0400. The van der Waals surface area contributed by atoms with Crippen molar-refractivity contribution in [3.8, 4) is 0 Å². The lowest BCUT2D eigenvalue weighted by atomic mass is 9.77. The second-order valence-electron chi connectivity index (χ2n) is 6.75. The van der Waals surface area contributed by atoms with Crippen LogP contribution in [0.1, 0.15) is 71.6 Å². The molecule has 2 fully saturated rings. The number of hydrogen-bond acceptors (Lipinski definition) is 1. The lowest BCUT2D eigenvalue weighted by Crippen LogP contribution is -2.33. The molecule has 1 heterocycles. The molecule has 0 aromatic rings. The highest BCUT2D eigenvalue weighted by Crippen LogP contribution is 2.34. The van der Waals surface area contributed by atoms with Gasteiger partial charge in [-0.1, -0.05) is 58.8 Å². The maximum atomic E-state index is 2.61. The third-order valence-electron chi connectivity index (χ3n) is 5.68. The average molecular weight is 251 g/mol. The van der Waals surface area contributed by atoms with E-state index in [2.05, 4.69) is 18.7 Å². The monoisotopic (exact) mass is 251 g/mol. The number of rotatable bonds is 5. The molecule has 0 aromatic carbocycles. The van der Waals surface area contributed by atoms with E-state index in [4.69, 9.17) is 0 Å². The lowest BCUT2D eigenvalue weighted by Gasteiger charge is -2.33. The van der Waals surface area contributed by atoms with Crippen LogP contribution in [0, 0.1) is 17.8 Å². The van der Waals surface area contributed by atoms with Crippen LogP contribution in [0.15, 0.2) is 0 Å². The first-order valence-electron chi connectivity index (χ1n) is 8.54. The van der Waals surface area contributed by atoms with Gasteiger partial charge in [0.25, 0.3) is 0 Å². The minimum Gasteiger partial charge on any atom is -0.304 e. The van der Waals surface area contributed by atoms with Gasteiger partial charge >= 0.3 is 0 Å². The average Bonchev–Trinajstić information content (AvgIpc) is 2.46. The molecule has 1 saturated carbocycles. The minimum atomic E-state index is 1.05. The molecule has 0 bridgehead atoms. The van der Waals surface area contributed by atoms with E-state index in [-0.39, 0.29) is 0 Å². The van der Waals surface area contributed by atoms with Crippen molar-refractivity contribution in [2.75, 3.05) is 19.6 Å². The first kappa shape index (κ1) is 14.4. The van der Waals surface area contributed by atoms with Crippen molar-refractivity contribution in [3.63, 3.8) is 0 Å². The Labute approximate surface area is 114 Å². The molecular weight excluding hydrogens is 218 g/mol. The van der Waals surface area contributed by atoms with E-state index in [0.29, 0.717) is 0 Å². The van der Waals surface area contributed by atoms with Gasteiger partial charge in [0.15, 0.2) is 0 Å². The summed E-state index contributed by atoms with van der Waals surface area (Å²) in [4.78, 5) is 2.61. The van der Waals surface area contributed by atoms with E-state index in [9.17, 15) is 0 Å². The molecule has 1 saturated heterocycles. The Morgan fingerprint density at radius 3 is 1.72 bits per heavy atom. The first-order chi connectivity index (χ1) is 8.81. The highest BCUT2D eigenvalue weighted by Gasteiger charge is 2.22. The molecule has 1 aliphatic heterocycles. The largest absolute Gasteiger partial charge is 0.304 e. The molecule has 0 amide bonds. The summed E-state index contributed by atoms with van der Waals surface area (Å²) in [6.45, 7) is 8.65. The van der Waals surface area contributed by atoms with E-state index in [1.165, 1.54) is 77.4 Å². The fourth-order valence-electron chi connectivity index (χ4n) is 3.99. The van der Waals surface area contributed by atoms with Crippen LogP contribution >= 0.6 is 0 Å². The molecular formula is C17H33N. The van der Waals surface area contributed by atoms with Gasteiger partial charge in [-0.2, -0.15) is 0 Å². The van der Waals surface area contributed by atoms with Crippen molar-refractivity contribution in [2.24, 2.45) is 17.8 Å². The highest BCUT2D eigenvalue weighted by molar-refractivity contribution is 4.76. The second-order valence-corrected chi connectivity index (χ2v) is 6.75. The molecule has 106 valence electrons. The van der Waals surface area contributed by atoms with E-state index < -0.39 is 0 Å². The van der Waals surface area contributed by atoms with Crippen LogP contribution in [0.5, 0.6) is 0 Å². The van der Waals surface area contributed by atoms with E-state index >= 15 is 0 Å². The molecule has 0 N–H and O–H groups in total. The van der Waals surface area contributed by atoms with Crippen LogP contribution in [-0.4, -0.2) is 24.5 Å². The van der Waals surface area contributed by atoms with Gasteiger partial charge < -0.3 is 4.90 Å². The summed E-state index contributed by atoms with van der Waals surface area (Å²) >= 11 is 0. The third kappa shape index (κ3) is 4.26. The van der Waals surface area contributed by atoms with Gasteiger partial charge in [-0.25, -0.2) is 0 Å². The van der Waals surface area contributed by atoms with Crippen molar-refractivity contribution in [1.29, 1.82) is 0 Å². The van der Waals surface area contributed by atoms with Crippen molar-refractivity contribution in [2.45, 2.75) is 71.6 Å². The van der Waals surface area contributed by atoms with Gasteiger partial charge in [-0.3, -0.25) is 0 Å². The normalized spacial score (nSPS) is 31.7. The molecule has 1 aliphatic carbocycles. The summed E-state index contributed by atoms with van der Waals surface area (Å²) in [6, 6.07) is 0. The molecule has 2 rings (SSSR count). The topological polar surface area (TPSA) is 3.24 Å². The smallest absolute Gasteiger partial charge is 0.00162 e. The number of nitrogens with zero attached hydrogens (tertiary/aromatic N) is 1. The molecule has 0 radical (unpaired) electrons. The predicted molar refractivity (Wildman–Crippen MR) is 79.8 cm³/mol. The van der Waals surface area contributed by atoms with Gasteiger partial charge in [0.2, 0.25) is 0 Å². The molecule has 2 aliphatic rings. The summed E-state index contributed by atoms with van der Waals surface area (Å²) in [7, 11) is 0. The van der Waals surface area contributed by atoms with Gasteiger partial charge in [-0.05, 0) is 50.2 Å². The third-order valence-corrected chi connectivity index (χ3v) is 5.68. The SMILES string of the molecule is CCC1CCC(CCC2CCN(CC)CC2)CC1. The van der Waals surface area contributed by atoms with Crippen molar-refractivity contribution in [1.82, 2.24) is 4.90 Å². The zero-order valence-electron chi connectivity index (χ0n) is 12.7. The van der Waals surface area contributed by atoms with Crippen LogP contribution in [0.2, 0.25) is 0 Å². The van der Waals surface area contributed by atoms with E-state index in [1.54, 1.807) is 0 Å². The predicted octanol–water partition coefficient (Wildman–Crippen LogP) is 4.71. The Balaban J connectivity index is 1.58. The minimum absolute atomic E-state index is 1.05. The number of piperidine rings is 1. The van der Waals surface area contributed by atoms with Crippen molar-refractivity contribution in [3.05, 3.63) is 0 Å². The summed E-state index contributed by atoms with van der Waals surface area (Å²) in [5, 5.41) is 0. The van der Waals surface area contributed by atoms with Gasteiger partial charge in [0.05, 0.1) is 0 Å². The van der Waals surface area contributed by atoms with Gasteiger partial charge in [0, 0.05) is 0 Å². The number of likely N-dealkylation sites (tertiary alicyclic amines) is 1. The van der Waals surface area contributed by atoms with Crippen molar-refractivity contribution < 1.29 is 0 Å². The molecule has 0 spiro atoms. The van der Waals surface area contributed by atoms with Crippen LogP contribution < -0.4 is 0 Å². The number of hydrogen-bond donors (Lipinski definition) is 0. The van der Waals surface area contributed by atoms with Gasteiger partial charge in [0.1, 0.15) is 0 Å². The molecule has 1 heteroatoms. The molecule has 0 aromatic heterocycles. The highest BCUT2D eigenvalue weighted by atomic mass is 15.1. The quantitative estimate of drug-likeness (QED) is 0.683. The maximum Gasteiger partial charge on any atom is -0.00162 e. The Bertz CT molecular complexity index is 186. The van der Waals surface area contributed by atoms with E-state index in [0.717, 1.165) is 17.8 Å². The van der Waals surface area contributed by atoms with Crippen LogP contribution in [-0.2, 0) is 0 Å². The van der Waals surface area contributed by atoms with E-state index in [1.807, 2.05) is 0 Å². The summed E-state index contributed by atoms with van der Waals surface area (Å²) in [5.41, 5.74) is 0. The Morgan fingerprint density at radius 2 is 1.22 bits per heavy atom. The zero-order chi connectivity index (χ0) is 12.8. The molecule has 1 nitrogen and oxygen atoms in total. The standard InChI is InChI=1S/C17H33N/c1-3-15-5-7-16(8-6-15)9-10-17-11-13-18(4-2)14-12-17/h15-17H,3-14H2,1-2H3. The summed E-state index contributed by atoms with van der Waals surface area (Å²) < 4.78 is 0. The van der Waals surface area contributed by atoms with Gasteiger partial charge in [-0.15, -0.1) is 0 Å². The second kappa shape index (κ2) is 7.53. The Morgan fingerprint density at radius 1 is 0.722 bits per heavy atom. The van der Waals surface area contributed by atoms with Crippen LogP contribution in [0.3, 0.4) is 0 Å². The fourth-order valence-corrected chi connectivity index (χ4v) is 3.99. The molecule has 0 atom stereocenters. The Kier molecular flexibility index (Phi) is 6.01. The summed E-state index contributed by atoms with van der Waals surface area (Å²) in [5.74, 6) is 3.20. The molecule has 18 heavy (non-hydrogen) atoms. The maximum absolute atomic E-state index is 2.61. The van der Waals surface area contributed by atoms with Crippen molar-refractivity contribution >= 4 is 0 Å². The first-order valence-corrected chi connectivity index (χ1v) is 8.54. The van der Waals surface area contributed by atoms with Crippen LogP contribution in [0.4, 0.5) is 0 Å². The fraction of sp³-hybridized carbons (Fsp3) is 1.00. The summed E-state index contributed by atoms with van der Waals surface area (Å²) in [6.07, 6.45) is 13.5.